The monoisotopic (exact) mass is 479 g/mol. The Morgan fingerprint density at radius 3 is 1.92 bits per heavy atom. The summed E-state index contributed by atoms with van der Waals surface area (Å²) in [6.07, 6.45) is 0. The van der Waals surface area contributed by atoms with Crippen molar-refractivity contribution in [1.82, 2.24) is 0 Å². The standard InChI is InChI=1S/C9H12O.C6H5IO3S.CH5N3/c1-7-4-5-9(10-3)6-8(7)2;7-5-1-3-6(4-2-5)11(8,9)10;2-1(3)4/h4-6H,1-3H3;1-4H,(H,8,9,10);(H5,2,3,4). The molecule has 138 valence electrons. The van der Waals surface area contributed by atoms with Gasteiger partial charge in [-0.15, -0.1) is 0 Å². The van der Waals surface area contributed by atoms with E-state index in [2.05, 4.69) is 36.8 Å². The fraction of sp³-hybridized carbons (Fsp3) is 0.188. The highest BCUT2D eigenvalue weighted by Gasteiger charge is 1.98. The minimum atomic E-state index is -4.27. The van der Waals surface area contributed by atoms with Crippen LogP contribution in [0.3, 0.4) is 0 Å². The Kier molecular flexibility index (Phi) is 10.1. The molecule has 0 saturated carbocycles. The van der Waals surface area contributed by atoms with Crippen LogP contribution in [0.15, 0.2) is 47.4 Å². The van der Waals surface area contributed by atoms with Gasteiger partial charge in [-0.1, -0.05) is 6.07 Å². The topological polar surface area (TPSA) is 144 Å². The molecule has 0 bridgehead atoms. The third-order valence-corrected chi connectivity index (χ3v) is 4.39. The van der Waals surface area contributed by atoms with Gasteiger partial charge in [-0.25, -0.2) is 8.42 Å². The first-order chi connectivity index (χ1) is 11.5. The molecule has 0 unspecified atom stereocenters. The SMILES string of the molecule is COc1ccc(C)c(C)c1.NC(N)=[NH2+].O=S(=O)([O-])c1ccc(I)cc1. The predicted molar refractivity (Wildman–Crippen MR) is 105 cm³/mol. The van der Waals surface area contributed by atoms with Crippen LogP contribution in [0.5, 0.6) is 5.75 Å². The number of ether oxygens (including phenoxy) is 1. The maximum atomic E-state index is 10.4. The lowest BCUT2D eigenvalue weighted by atomic mass is 10.1. The third-order valence-electron chi connectivity index (χ3n) is 2.82. The van der Waals surface area contributed by atoms with Gasteiger partial charge in [-0.2, -0.15) is 0 Å². The van der Waals surface area contributed by atoms with E-state index in [0.29, 0.717) is 0 Å². The summed E-state index contributed by atoms with van der Waals surface area (Å²) in [4.78, 5) is -0.182. The molecule has 0 aliphatic heterocycles. The van der Waals surface area contributed by atoms with Crippen LogP contribution in [0.1, 0.15) is 11.1 Å². The van der Waals surface area contributed by atoms with Gasteiger partial charge in [-0.3, -0.25) is 16.9 Å². The Morgan fingerprint density at radius 1 is 1.08 bits per heavy atom. The Morgan fingerprint density at radius 2 is 1.56 bits per heavy atom. The molecule has 0 saturated heterocycles. The van der Waals surface area contributed by atoms with Gasteiger partial charge in [0.15, 0.2) is 0 Å². The van der Waals surface area contributed by atoms with Gasteiger partial charge in [0.2, 0.25) is 0 Å². The molecule has 0 atom stereocenters. The minimum absolute atomic E-state index is 0.0833. The summed E-state index contributed by atoms with van der Waals surface area (Å²) < 4.78 is 37.1. The molecule has 6 N–H and O–H groups in total. The molecule has 9 heteroatoms. The Hall–Kier alpha value is -1.85. The van der Waals surface area contributed by atoms with Crippen LogP contribution >= 0.6 is 22.6 Å². The van der Waals surface area contributed by atoms with Gasteiger partial charge in [0.1, 0.15) is 15.9 Å². The van der Waals surface area contributed by atoms with Crippen LogP contribution in [-0.2, 0) is 10.1 Å². The molecule has 25 heavy (non-hydrogen) atoms. The lowest BCUT2D eigenvalue weighted by Crippen LogP contribution is -2.51. The fourth-order valence-electron chi connectivity index (χ4n) is 1.44. The van der Waals surface area contributed by atoms with E-state index in [1.54, 1.807) is 19.2 Å². The molecule has 0 amide bonds. The summed E-state index contributed by atoms with van der Waals surface area (Å²) in [5.74, 6) is 0.850. The number of hydrogen-bond acceptors (Lipinski definition) is 4. The quantitative estimate of drug-likeness (QED) is 0.248. The largest absolute Gasteiger partial charge is 0.744 e. The van der Waals surface area contributed by atoms with E-state index in [-0.39, 0.29) is 10.9 Å². The van der Waals surface area contributed by atoms with E-state index in [4.69, 9.17) is 4.74 Å². The third kappa shape index (κ3) is 10.6. The van der Waals surface area contributed by atoms with Gasteiger partial charge in [0.05, 0.1) is 12.0 Å². The van der Waals surface area contributed by atoms with E-state index in [9.17, 15) is 13.0 Å². The number of guanidine groups is 1. The molecule has 0 aliphatic rings. The number of rotatable bonds is 2. The average molecular weight is 479 g/mol. The second kappa shape index (κ2) is 10.9. The molecular formula is C16H22IN3O4S. The van der Waals surface area contributed by atoms with Gasteiger partial charge < -0.3 is 9.29 Å². The van der Waals surface area contributed by atoms with Crippen molar-refractivity contribution in [2.24, 2.45) is 11.5 Å². The van der Waals surface area contributed by atoms with Gasteiger partial charge in [0.25, 0.3) is 0 Å². The van der Waals surface area contributed by atoms with Crippen molar-refractivity contribution in [2.75, 3.05) is 7.11 Å². The van der Waals surface area contributed by atoms with Crippen molar-refractivity contribution in [3.63, 3.8) is 0 Å². The van der Waals surface area contributed by atoms with E-state index in [0.717, 1.165) is 9.32 Å². The number of benzene rings is 2. The van der Waals surface area contributed by atoms with Crippen molar-refractivity contribution in [1.29, 1.82) is 0 Å². The molecule has 0 aromatic heterocycles. The molecule has 0 spiro atoms. The van der Waals surface area contributed by atoms with E-state index in [1.165, 1.54) is 23.3 Å². The van der Waals surface area contributed by atoms with Crippen LogP contribution in [-0.4, -0.2) is 26.0 Å². The van der Waals surface area contributed by atoms with Crippen LogP contribution in [0, 0.1) is 17.4 Å². The molecule has 0 fully saturated rings. The minimum Gasteiger partial charge on any atom is -0.744 e. The van der Waals surface area contributed by atoms with Crippen molar-refractivity contribution >= 4 is 38.7 Å². The molecule has 2 rings (SSSR count). The number of hydrogen-bond donors (Lipinski definition) is 3. The van der Waals surface area contributed by atoms with Crippen LogP contribution in [0.25, 0.3) is 0 Å². The van der Waals surface area contributed by atoms with Crippen molar-refractivity contribution in [3.8, 4) is 5.75 Å². The first kappa shape index (κ1) is 23.1. The molecule has 0 aliphatic carbocycles. The summed E-state index contributed by atoms with van der Waals surface area (Å²) >= 11 is 2.03. The molecule has 0 heterocycles. The zero-order chi connectivity index (χ0) is 19.6. The lowest BCUT2D eigenvalue weighted by Gasteiger charge is -2.05. The number of halogens is 1. The van der Waals surface area contributed by atoms with Crippen LogP contribution in [0.2, 0.25) is 0 Å². The Labute approximate surface area is 161 Å². The highest BCUT2D eigenvalue weighted by molar-refractivity contribution is 14.1. The highest BCUT2D eigenvalue weighted by atomic mass is 127. The molecule has 2 aromatic carbocycles. The van der Waals surface area contributed by atoms with Crippen molar-refractivity contribution in [2.45, 2.75) is 18.7 Å². The smallest absolute Gasteiger partial charge is 0.336 e. The van der Waals surface area contributed by atoms with Gasteiger partial charge >= 0.3 is 5.96 Å². The summed E-state index contributed by atoms with van der Waals surface area (Å²) in [5.41, 5.74) is 11.8. The van der Waals surface area contributed by atoms with Crippen molar-refractivity contribution in [3.05, 3.63) is 57.2 Å². The second-order valence-corrected chi connectivity index (χ2v) is 7.48. The molecule has 0 radical (unpaired) electrons. The first-order valence-electron chi connectivity index (χ1n) is 6.93. The summed E-state index contributed by atoms with van der Waals surface area (Å²) in [6.45, 7) is 4.17. The van der Waals surface area contributed by atoms with Crippen LogP contribution in [0.4, 0.5) is 0 Å². The van der Waals surface area contributed by atoms with Crippen molar-refractivity contribution < 1.29 is 23.1 Å². The summed E-state index contributed by atoms with van der Waals surface area (Å²) in [7, 11) is -2.59. The van der Waals surface area contributed by atoms with Gasteiger partial charge in [0, 0.05) is 3.57 Å². The normalized spacial score (nSPS) is 9.80. The molecule has 7 nitrogen and oxygen atoms in total. The molecular weight excluding hydrogens is 457 g/mol. The number of aryl methyl sites for hydroxylation is 2. The zero-order valence-electron chi connectivity index (χ0n) is 14.2. The van der Waals surface area contributed by atoms with E-state index < -0.39 is 10.1 Å². The van der Waals surface area contributed by atoms with Gasteiger partial charge in [-0.05, 0) is 84.0 Å². The predicted octanol–water partition coefficient (Wildman–Crippen LogP) is 0.526. The summed E-state index contributed by atoms with van der Waals surface area (Å²) in [5, 5.41) is 4.58. The maximum absolute atomic E-state index is 10.4. The lowest BCUT2D eigenvalue weighted by molar-refractivity contribution is -0.116. The summed E-state index contributed by atoms with van der Waals surface area (Å²) in [6, 6.07) is 11.8. The highest BCUT2D eigenvalue weighted by Crippen LogP contribution is 2.15. The average Bonchev–Trinajstić information content (AvgIpc) is 2.49. The second-order valence-electron chi connectivity index (χ2n) is 4.86. The number of methoxy groups -OCH3 is 1. The Balaban J connectivity index is 0.000000383. The maximum Gasteiger partial charge on any atom is 0.336 e. The number of nitrogens with two attached hydrogens (primary N) is 3. The van der Waals surface area contributed by atoms with E-state index in [1.807, 2.05) is 34.7 Å². The first-order valence-corrected chi connectivity index (χ1v) is 9.42. The Bertz CT molecular complexity index is 790. The fourth-order valence-corrected chi connectivity index (χ4v) is 2.27. The van der Waals surface area contributed by atoms with E-state index >= 15 is 0 Å². The zero-order valence-corrected chi connectivity index (χ0v) is 17.2. The van der Waals surface area contributed by atoms with Crippen LogP contribution < -0.4 is 21.6 Å². The molecule has 2 aromatic rings.